The summed E-state index contributed by atoms with van der Waals surface area (Å²) in [4.78, 5) is 0. The summed E-state index contributed by atoms with van der Waals surface area (Å²) in [6, 6.07) is 16.8. The van der Waals surface area contributed by atoms with Crippen LogP contribution in [0.15, 0.2) is 60.7 Å². The monoisotopic (exact) mass is 458 g/mol. The fraction of sp³-hybridized carbons (Fsp3) is 0.0476. The molecule has 26 heavy (non-hydrogen) atoms. The van der Waals surface area contributed by atoms with Gasteiger partial charge in [-0.2, -0.15) is 0 Å². The van der Waals surface area contributed by atoms with Gasteiger partial charge in [0.15, 0.2) is 0 Å². The first-order valence-electron chi connectivity index (χ1n) is 7.99. The summed E-state index contributed by atoms with van der Waals surface area (Å²) in [5.41, 5.74) is 1.20. The van der Waals surface area contributed by atoms with Crippen LogP contribution in [0.25, 0.3) is 21.5 Å². The van der Waals surface area contributed by atoms with Crippen LogP contribution in [0, 0.1) is 0 Å². The lowest BCUT2D eigenvalue weighted by Crippen LogP contribution is -1.97. The second-order valence-corrected chi connectivity index (χ2v) is 7.42. The van der Waals surface area contributed by atoms with E-state index in [9.17, 15) is 20.4 Å². The number of alkyl halides is 1. The molecule has 5 heteroatoms. The highest BCUT2D eigenvalue weighted by molar-refractivity contribution is 14.1. The summed E-state index contributed by atoms with van der Waals surface area (Å²) in [6.45, 7) is 0. The molecule has 0 radical (unpaired) electrons. The van der Waals surface area contributed by atoms with Crippen molar-refractivity contribution in [3.63, 3.8) is 0 Å². The molecule has 4 rings (SSSR count). The van der Waals surface area contributed by atoms with E-state index in [1.54, 1.807) is 60.7 Å². The molecule has 0 spiro atoms. The Labute approximate surface area is 163 Å². The number of phenolic OH excluding ortho intramolecular Hbond substituents is 4. The van der Waals surface area contributed by atoms with Crippen LogP contribution < -0.4 is 0 Å². The molecule has 130 valence electrons. The van der Waals surface area contributed by atoms with Crippen molar-refractivity contribution in [2.75, 3.05) is 0 Å². The molecule has 0 saturated heterocycles. The highest BCUT2D eigenvalue weighted by Gasteiger charge is 2.23. The second kappa shape index (κ2) is 6.25. The van der Waals surface area contributed by atoms with Gasteiger partial charge in [0.05, 0.1) is 3.92 Å². The van der Waals surface area contributed by atoms with Gasteiger partial charge in [-0.15, -0.1) is 0 Å². The topological polar surface area (TPSA) is 80.9 Å². The fourth-order valence-corrected chi connectivity index (χ4v) is 4.62. The molecule has 0 aliphatic rings. The lowest BCUT2D eigenvalue weighted by molar-refractivity contribution is 0.464. The largest absolute Gasteiger partial charge is 0.508 e. The van der Waals surface area contributed by atoms with Gasteiger partial charge in [0.2, 0.25) is 0 Å². The van der Waals surface area contributed by atoms with Crippen LogP contribution in [0.1, 0.15) is 15.1 Å². The Morgan fingerprint density at radius 2 is 0.962 bits per heavy atom. The third-order valence-electron chi connectivity index (χ3n) is 4.55. The Balaban J connectivity index is 2.04. The zero-order valence-corrected chi connectivity index (χ0v) is 15.7. The van der Waals surface area contributed by atoms with E-state index in [4.69, 9.17) is 0 Å². The smallest absolute Gasteiger partial charge is 0.120 e. The van der Waals surface area contributed by atoms with E-state index < -0.39 is 3.92 Å². The summed E-state index contributed by atoms with van der Waals surface area (Å²) in [5, 5.41) is 44.0. The molecule has 0 saturated carbocycles. The van der Waals surface area contributed by atoms with E-state index in [2.05, 4.69) is 22.6 Å². The van der Waals surface area contributed by atoms with Gasteiger partial charge in [0.1, 0.15) is 23.0 Å². The fourth-order valence-electron chi connectivity index (χ4n) is 3.32. The molecule has 0 atom stereocenters. The average Bonchev–Trinajstić information content (AvgIpc) is 2.60. The number of phenols is 4. The molecule has 0 aliphatic carbocycles. The molecular formula is C21H15IO4. The Morgan fingerprint density at radius 1 is 0.577 bits per heavy atom. The molecular weight excluding hydrogens is 443 g/mol. The Bertz CT molecular complexity index is 1050. The van der Waals surface area contributed by atoms with Crippen molar-refractivity contribution in [1.29, 1.82) is 0 Å². The average molecular weight is 458 g/mol. The third-order valence-corrected chi connectivity index (χ3v) is 5.80. The molecule has 4 aromatic carbocycles. The minimum atomic E-state index is -0.399. The highest BCUT2D eigenvalue weighted by Crippen LogP contribution is 2.47. The van der Waals surface area contributed by atoms with Gasteiger partial charge in [-0.25, -0.2) is 0 Å². The molecule has 4 aromatic rings. The molecule has 4 N–H and O–H groups in total. The van der Waals surface area contributed by atoms with E-state index in [-0.39, 0.29) is 23.0 Å². The molecule has 4 nitrogen and oxygen atoms in total. The molecule has 0 aromatic heterocycles. The lowest BCUT2D eigenvalue weighted by Gasteiger charge is -2.19. The van der Waals surface area contributed by atoms with E-state index in [1.165, 1.54) is 0 Å². The van der Waals surface area contributed by atoms with Crippen LogP contribution in [0.3, 0.4) is 0 Å². The number of benzene rings is 4. The molecule has 0 heterocycles. The maximum absolute atomic E-state index is 10.5. The molecule has 0 aliphatic heterocycles. The van der Waals surface area contributed by atoms with Crippen LogP contribution in [-0.4, -0.2) is 20.4 Å². The van der Waals surface area contributed by atoms with Crippen molar-refractivity contribution in [2.24, 2.45) is 0 Å². The van der Waals surface area contributed by atoms with Crippen molar-refractivity contribution in [1.82, 2.24) is 0 Å². The molecule has 0 unspecified atom stereocenters. The Morgan fingerprint density at radius 3 is 1.38 bits per heavy atom. The van der Waals surface area contributed by atoms with Gasteiger partial charge in [-0.3, -0.25) is 0 Å². The number of hydrogen-bond acceptors (Lipinski definition) is 4. The van der Waals surface area contributed by atoms with Gasteiger partial charge >= 0.3 is 0 Å². The molecule has 0 fully saturated rings. The van der Waals surface area contributed by atoms with Crippen molar-refractivity contribution in [3.05, 3.63) is 71.8 Å². The van der Waals surface area contributed by atoms with Gasteiger partial charge in [-0.1, -0.05) is 46.9 Å². The zero-order valence-electron chi connectivity index (χ0n) is 13.5. The predicted octanol–water partition coefficient (Wildman–Crippen LogP) is 5.34. The second-order valence-electron chi connectivity index (χ2n) is 6.17. The van der Waals surface area contributed by atoms with Crippen LogP contribution in [0.5, 0.6) is 23.0 Å². The third kappa shape index (κ3) is 2.68. The van der Waals surface area contributed by atoms with Crippen LogP contribution in [-0.2, 0) is 0 Å². The maximum atomic E-state index is 10.5. The zero-order chi connectivity index (χ0) is 18.4. The first kappa shape index (κ1) is 16.8. The van der Waals surface area contributed by atoms with Crippen molar-refractivity contribution < 1.29 is 20.4 Å². The number of fused-ring (bicyclic) bond motifs is 2. The van der Waals surface area contributed by atoms with Gasteiger partial charge in [-0.05, 0) is 57.9 Å². The van der Waals surface area contributed by atoms with Crippen molar-refractivity contribution >= 4 is 44.1 Å². The van der Waals surface area contributed by atoms with E-state index in [1.807, 2.05) is 0 Å². The minimum absolute atomic E-state index is 0.0825. The molecule has 0 bridgehead atoms. The van der Waals surface area contributed by atoms with Gasteiger partial charge in [0, 0.05) is 11.1 Å². The number of hydrogen-bond donors (Lipinski definition) is 4. The summed E-state index contributed by atoms with van der Waals surface area (Å²) < 4.78 is -0.399. The highest BCUT2D eigenvalue weighted by atomic mass is 127. The van der Waals surface area contributed by atoms with Crippen molar-refractivity contribution in [3.8, 4) is 23.0 Å². The quantitative estimate of drug-likeness (QED) is 0.242. The first-order chi connectivity index (χ1) is 12.5. The number of aromatic hydroxyl groups is 4. The Hall–Kier alpha value is -2.67. The summed E-state index contributed by atoms with van der Waals surface area (Å²) >= 11 is 2.16. The summed E-state index contributed by atoms with van der Waals surface area (Å²) in [7, 11) is 0. The number of halogens is 1. The van der Waals surface area contributed by atoms with E-state index in [0.29, 0.717) is 21.9 Å². The lowest BCUT2D eigenvalue weighted by atomic mass is 9.93. The SMILES string of the molecule is Oc1ccc2ccc(O)c(C(I)c3c(O)ccc4ccc(O)cc34)c2c1. The predicted molar refractivity (Wildman–Crippen MR) is 110 cm³/mol. The van der Waals surface area contributed by atoms with Crippen molar-refractivity contribution in [2.45, 2.75) is 3.92 Å². The number of rotatable bonds is 2. The maximum Gasteiger partial charge on any atom is 0.120 e. The minimum Gasteiger partial charge on any atom is -0.508 e. The van der Waals surface area contributed by atoms with Crippen LogP contribution in [0.2, 0.25) is 0 Å². The van der Waals surface area contributed by atoms with Crippen LogP contribution in [0.4, 0.5) is 0 Å². The molecule has 0 amide bonds. The Kier molecular flexibility index (Phi) is 4.03. The normalized spacial score (nSPS) is 11.5. The van der Waals surface area contributed by atoms with Gasteiger partial charge < -0.3 is 20.4 Å². The summed E-state index contributed by atoms with van der Waals surface area (Å²) in [6.07, 6.45) is 0. The van der Waals surface area contributed by atoms with E-state index in [0.717, 1.165) is 10.8 Å². The standard InChI is InChI=1S/C21H15IO4/c22-21(19-15-9-13(23)5-1-11(15)3-7-17(19)25)20-16-10-14(24)6-2-12(16)4-8-18(20)26/h1-10,21,23-26H. The van der Waals surface area contributed by atoms with E-state index >= 15 is 0 Å². The van der Waals surface area contributed by atoms with Crippen LogP contribution >= 0.6 is 22.6 Å². The van der Waals surface area contributed by atoms with Gasteiger partial charge in [0.25, 0.3) is 0 Å². The summed E-state index contributed by atoms with van der Waals surface area (Å²) in [5.74, 6) is 0.374. The first-order valence-corrected chi connectivity index (χ1v) is 9.23.